The van der Waals surface area contributed by atoms with Crippen molar-refractivity contribution in [2.75, 3.05) is 11.9 Å². The standard InChI is InChI=1S/C27H23N5O3/c1-17(27(34)35)32(2)21-11-7-19(8-12-21)4-3-18-5-9-20(10-6-18)25-15-22(26(33)31-28)23-16-29-14-13-24(23)30-25/h5-17H,28H2,1-2H3,(H,31,33)(H,34,35). The first-order valence-electron chi connectivity index (χ1n) is 10.8. The SMILES string of the molecule is CC(C(=O)O)N(C)c1ccc(C#Cc2ccc(-c3cc(C(=O)NN)c4cnccc4n3)cc2)cc1. The number of pyridine rings is 2. The number of hydrogen-bond acceptors (Lipinski definition) is 6. The van der Waals surface area contributed by atoms with E-state index in [2.05, 4.69) is 27.2 Å². The number of carbonyl (C=O) groups is 2. The van der Waals surface area contributed by atoms with Gasteiger partial charge >= 0.3 is 5.97 Å². The lowest BCUT2D eigenvalue weighted by molar-refractivity contribution is -0.138. The molecule has 0 fully saturated rings. The third-order valence-corrected chi connectivity index (χ3v) is 5.73. The second kappa shape index (κ2) is 10.0. The van der Waals surface area contributed by atoms with Gasteiger partial charge in [0.15, 0.2) is 0 Å². The molecule has 4 N–H and O–H groups in total. The molecule has 8 heteroatoms. The van der Waals surface area contributed by atoms with Crippen LogP contribution in [0.1, 0.15) is 28.4 Å². The summed E-state index contributed by atoms with van der Waals surface area (Å²) in [5, 5.41) is 9.80. The Hall–Kier alpha value is -4.74. The van der Waals surface area contributed by atoms with E-state index in [0.717, 1.165) is 22.4 Å². The maximum Gasteiger partial charge on any atom is 0.326 e. The predicted molar refractivity (Wildman–Crippen MR) is 135 cm³/mol. The van der Waals surface area contributed by atoms with Crippen molar-refractivity contribution in [2.24, 2.45) is 5.84 Å². The second-order valence-corrected chi connectivity index (χ2v) is 7.92. The van der Waals surface area contributed by atoms with E-state index >= 15 is 0 Å². The molecule has 0 saturated heterocycles. The molecular weight excluding hydrogens is 442 g/mol. The van der Waals surface area contributed by atoms with Crippen LogP contribution in [0.4, 0.5) is 5.69 Å². The third-order valence-electron chi connectivity index (χ3n) is 5.73. The van der Waals surface area contributed by atoms with Gasteiger partial charge in [0.25, 0.3) is 5.91 Å². The number of aliphatic carboxylic acids is 1. The van der Waals surface area contributed by atoms with Crippen molar-refractivity contribution in [2.45, 2.75) is 13.0 Å². The van der Waals surface area contributed by atoms with Crippen LogP contribution in [0.5, 0.6) is 0 Å². The molecule has 35 heavy (non-hydrogen) atoms. The molecule has 2 aromatic heterocycles. The zero-order chi connectivity index (χ0) is 24.9. The Morgan fingerprint density at radius 3 is 2.26 bits per heavy atom. The number of hydrogen-bond donors (Lipinski definition) is 3. The first-order chi connectivity index (χ1) is 16.9. The first-order valence-corrected chi connectivity index (χ1v) is 10.8. The van der Waals surface area contributed by atoms with Gasteiger partial charge in [-0.05, 0) is 55.5 Å². The number of fused-ring (bicyclic) bond motifs is 1. The maximum absolute atomic E-state index is 12.3. The van der Waals surface area contributed by atoms with Crippen LogP contribution in [0.15, 0.2) is 73.1 Å². The van der Waals surface area contributed by atoms with Gasteiger partial charge in [-0.25, -0.2) is 15.6 Å². The molecule has 0 aliphatic rings. The maximum atomic E-state index is 12.3. The van der Waals surface area contributed by atoms with Crippen LogP contribution in [0.25, 0.3) is 22.2 Å². The van der Waals surface area contributed by atoms with Crippen LogP contribution in [0.2, 0.25) is 0 Å². The number of aromatic nitrogens is 2. The van der Waals surface area contributed by atoms with Crippen molar-refractivity contribution in [3.63, 3.8) is 0 Å². The van der Waals surface area contributed by atoms with Crippen molar-refractivity contribution >= 4 is 28.5 Å². The summed E-state index contributed by atoms with van der Waals surface area (Å²) in [7, 11) is 1.74. The number of nitrogens with two attached hydrogens (primary N) is 1. The van der Waals surface area contributed by atoms with Gasteiger partial charge in [0.05, 0.1) is 16.8 Å². The number of rotatable bonds is 5. The van der Waals surface area contributed by atoms with E-state index in [0.29, 0.717) is 22.2 Å². The molecule has 0 bridgehead atoms. The number of amides is 1. The molecule has 0 aliphatic heterocycles. The molecular formula is C27H23N5O3. The summed E-state index contributed by atoms with van der Waals surface area (Å²) in [4.78, 5) is 33.9. The molecule has 4 rings (SSSR count). The monoisotopic (exact) mass is 465 g/mol. The summed E-state index contributed by atoms with van der Waals surface area (Å²) in [6.45, 7) is 1.64. The lowest BCUT2D eigenvalue weighted by Gasteiger charge is -2.23. The quantitative estimate of drug-likeness (QED) is 0.179. The summed E-state index contributed by atoms with van der Waals surface area (Å²) in [5.74, 6) is 10.3. The van der Waals surface area contributed by atoms with Crippen LogP contribution in [-0.2, 0) is 4.79 Å². The zero-order valence-electron chi connectivity index (χ0n) is 19.2. The number of nitrogens with zero attached hydrogens (tertiary/aromatic N) is 3. The number of carbonyl (C=O) groups excluding carboxylic acids is 1. The van der Waals surface area contributed by atoms with Gasteiger partial charge in [-0.2, -0.15) is 0 Å². The topological polar surface area (TPSA) is 121 Å². The Labute approximate surface area is 202 Å². The number of carboxylic acids is 1. The normalized spacial score (nSPS) is 11.3. The Morgan fingerprint density at radius 1 is 1.03 bits per heavy atom. The van der Waals surface area contributed by atoms with Crippen LogP contribution in [-0.4, -0.2) is 40.0 Å². The minimum Gasteiger partial charge on any atom is -0.480 e. The van der Waals surface area contributed by atoms with Gasteiger partial charge in [0.2, 0.25) is 0 Å². The highest BCUT2D eigenvalue weighted by Crippen LogP contribution is 2.24. The number of anilines is 1. The van der Waals surface area contributed by atoms with E-state index in [4.69, 9.17) is 5.84 Å². The molecule has 174 valence electrons. The third kappa shape index (κ3) is 5.11. The van der Waals surface area contributed by atoms with Crippen molar-refractivity contribution in [3.05, 3.63) is 89.7 Å². The van der Waals surface area contributed by atoms with Crippen LogP contribution < -0.4 is 16.2 Å². The van der Waals surface area contributed by atoms with Crippen LogP contribution >= 0.6 is 0 Å². The van der Waals surface area contributed by atoms with E-state index in [-0.39, 0.29) is 0 Å². The summed E-state index contributed by atoms with van der Waals surface area (Å²) in [5.41, 5.74) is 7.12. The average molecular weight is 466 g/mol. The van der Waals surface area contributed by atoms with Crippen molar-refractivity contribution in [1.29, 1.82) is 0 Å². The minimum absolute atomic E-state index is 0.399. The van der Waals surface area contributed by atoms with Gasteiger partial charge in [-0.15, -0.1) is 0 Å². The molecule has 1 atom stereocenters. The van der Waals surface area contributed by atoms with E-state index in [1.54, 1.807) is 43.4 Å². The molecule has 0 radical (unpaired) electrons. The Balaban J connectivity index is 1.56. The van der Waals surface area contributed by atoms with Gasteiger partial charge in [0, 0.05) is 47.2 Å². The second-order valence-electron chi connectivity index (χ2n) is 7.92. The largest absolute Gasteiger partial charge is 0.480 e. The molecule has 8 nitrogen and oxygen atoms in total. The number of carboxylic acid groups (broad SMARTS) is 1. The smallest absolute Gasteiger partial charge is 0.326 e. The first kappa shape index (κ1) is 23.4. The number of nitrogens with one attached hydrogen (secondary N) is 1. The highest BCUT2D eigenvalue weighted by Gasteiger charge is 2.17. The molecule has 1 amide bonds. The molecule has 2 heterocycles. The van der Waals surface area contributed by atoms with Crippen LogP contribution in [0.3, 0.4) is 0 Å². The lowest BCUT2D eigenvalue weighted by atomic mass is 10.0. The highest BCUT2D eigenvalue weighted by atomic mass is 16.4. The predicted octanol–water partition coefficient (Wildman–Crippen LogP) is 3.21. The number of nitrogen functional groups attached to an aromatic ring is 1. The fourth-order valence-corrected chi connectivity index (χ4v) is 3.52. The van der Waals surface area contributed by atoms with Gasteiger partial charge in [-0.3, -0.25) is 15.2 Å². The minimum atomic E-state index is -0.880. The molecule has 0 spiro atoms. The highest BCUT2D eigenvalue weighted by molar-refractivity contribution is 6.06. The van der Waals surface area contributed by atoms with Gasteiger partial charge in [0.1, 0.15) is 6.04 Å². The van der Waals surface area contributed by atoms with Crippen molar-refractivity contribution in [1.82, 2.24) is 15.4 Å². The van der Waals surface area contributed by atoms with Gasteiger partial charge in [-0.1, -0.05) is 24.0 Å². The summed E-state index contributed by atoms with van der Waals surface area (Å²) >= 11 is 0. The molecule has 0 aliphatic carbocycles. The van der Waals surface area contributed by atoms with E-state index in [1.807, 2.05) is 48.5 Å². The van der Waals surface area contributed by atoms with Gasteiger partial charge < -0.3 is 10.0 Å². The summed E-state index contributed by atoms with van der Waals surface area (Å²) in [6, 6.07) is 17.8. The number of hydrazine groups is 1. The Bertz CT molecular complexity index is 1450. The van der Waals surface area contributed by atoms with Crippen molar-refractivity contribution in [3.8, 4) is 23.1 Å². The zero-order valence-corrected chi connectivity index (χ0v) is 19.2. The number of likely N-dealkylation sites (N-methyl/N-ethyl adjacent to an activating group) is 1. The molecule has 1 unspecified atom stereocenters. The summed E-state index contributed by atoms with van der Waals surface area (Å²) in [6.07, 6.45) is 3.21. The Morgan fingerprint density at radius 2 is 1.66 bits per heavy atom. The average Bonchev–Trinajstić information content (AvgIpc) is 2.90. The van der Waals surface area contributed by atoms with Crippen molar-refractivity contribution < 1.29 is 14.7 Å². The lowest BCUT2D eigenvalue weighted by Crippen LogP contribution is -2.35. The van der Waals surface area contributed by atoms with E-state index in [9.17, 15) is 14.7 Å². The summed E-state index contributed by atoms with van der Waals surface area (Å²) < 4.78 is 0. The van der Waals surface area contributed by atoms with E-state index in [1.165, 1.54) is 0 Å². The fourth-order valence-electron chi connectivity index (χ4n) is 3.52. The molecule has 2 aromatic carbocycles. The van der Waals surface area contributed by atoms with Crippen LogP contribution in [0, 0.1) is 11.8 Å². The molecule has 4 aromatic rings. The number of benzene rings is 2. The molecule has 0 saturated carbocycles. The van der Waals surface area contributed by atoms with E-state index < -0.39 is 17.9 Å². The Kier molecular flexibility index (Phi) is 6.71. The fraction of sp³-hybridized carbons (Fsp3) is 0.111.